The van der Waals surface area contributed by atoms with Crippen molar-refractivity contribution < 1.29 is 14.6 Å². The first-order valence-corrected chi connectivity index (χ1v) is 9.05. The van der Waals surface area contributed by atoms with Gasteiger partial charge in [-0.1, -0.05) is 32.4 Å². The molecule has 1 aromatic rings. The number of rotatable bonds is 10. The van der Waals surface area contributed by atoms with Crippen LogP contribution in [-0.4, -0.2) is 36.4 Å². The maximum atomic E-state index is 9.62. The summed E-state index contributed by atoms with van der Waals surface area (Å²) in [5.74, 6) is 2.37. The smallest absolute Gasteiger partial charge is 0.180 e. The van der Waals surface area contributed by atoms with Crippen molar-refractivity contribution in [2.24, 2.45) is 10.9 Å². The zero-order chi connectivity index (χ0) is 17.4. The fourth-order valence-electron chi connectivity index (χ4n) is 2.90. The van der Waals surface area contributed by atoms with Crippen molar-refractivity contribution in [3.05, 3.63) is 29.8 Å². The molecule has 1 N–H and O–H groups in total. The first-order valence-electron chi connectivity index (χ1n) is 9.05. The van der Waals surface area contributed by atoms with Gasteiger partial charge in [-0.25, -0.2) is 4.99 Å². The highest BCUT2D eigenvalue weighted by molar-refractivity contribution is 5.75. The predicted octanol–water partition coefficient (Wildman–Crippen LogP) is 4.00. The lowest BCUT2D eigenvalue weighted by Gasteiger charge is -2.21. The van der Waals surface area contributed by atoms with Crippen molar-refractivity contribution in [2.75, 3.05) is 19.8 Å². The van der Waals surface area contributed by atoms with Gasteiger partial charge in [0, 0.05) is 6.92 Å². The maximum Gasteiger partial charge on any atom is 0.180 e. The largest absolute Gasteiger partial charge is 0.494 e. The molecule has 4 nitrogen and oxygen atoms in total. The Morgan fingerprint density at radius 2 is 2.00 bits per heavy atom. The van der Waals surface area contributed by atoms with Crippen molar-refractivity contribution in [3.8, 4) is 5.75 Å². The number of benzene rings is 1. The molecule has 0 aliphatic carbocycles. The van der Waals surface area contributed by atoms with Crippen LogP contribution >= 0.6 is 0 Å². The van der Waals surface area contributed by atoms with Crippen molar-refractivity contribution >= 4 is 5.90 Å². The van der Waals surface area contributed by atoms with E-state index in [0.717, 1.165) is 37.5 Å². The minimum Gasteiger partial charge on any atom is -0.494 e. The molecule has 1 aromatic carbocycles. The Morgan fingerprint density at radius 3 is 2.58 bits per heavy atom. The van der Waals surface area contributed by atoms with Crippen LogP contribution in [0.5, 0.6) is 5.75 Å². The number of unbranched alkanes of at least 4 members (excludes halogenated alkanes) is 1. The lowest BCUT2D eigenvalue weighted by Crippen LogP contribution is -2.33. The summed E-state index contributed by atoms with van der Waals surface area (Å²) < 4.78 is 11.2. The highest BCUT2D eigenvalue weighted by Gasteiger charge is 2.34. The van der Waals surface area contributed by atoms with Gasteiger partial charge in [0.05, 0.1) is 13.2 Å². The van der Waals surface area contributed by atoms with Crippen LogP contribution in [0, 0.1) is 5.92 Å². The van der Waals surface area contributed by atoms with Gasteiger partial charge in [0.1, 0.15) is 17.9 Å². The molecule has 1 aliphatic rings. The van der Waals surface area contributed by atoms with Crippen LogP contribution in [0.1, 0.15) is 52.0 Å². The van der Waals surface area contributed by atoms with E-state index in [1.165, 1.54) is 18.4 Å². The molecule has 0 amide bonds. The van der Waals surface area contributed by atoms with Crippen LogP contribution in [-0.2, 0) is 11.2 Å². The van der Waals surface area contributed by atoms with Gasteiger partial charge in [-0.3, -0.25) is 0 Å². The number of aliphatic hydroxyl groups excluding tert-OH is 1. The highest BCUT2D eigenvalue weighted by atomic mass is 16.5. The van der Waals surface area contributed by atoms with Gasteiger partial charge in [0.15, 0.2) is 5.90 Å². The molecule has 0 saturated carbocycles. The van der Waals surface area contributed by atoms with Crippen molar-refractivity contribution in [1.29, 1.82) is 0 Å². The highest BCUT2D eigenvalue weighted by Crippen LogP contribution is 2.25. The molecule has 1 heterocycles. The molecule has 0 fully saturated rings. The summed E-state index contributed by atoms with van der Waals surface area (Å²) in [6.07, 6.45) is 5.25. The fourth-order valence-corrected chi connectivity index (χ4v) is 2.90. The molecule has 24 heavy (non-hydrogen) atoms. The quantitative estimate of drug-likeness (QED) is 0.658. The second-order valence-corrected chi connectivity index (χ2v) is 7.18. The third-order valence-electron chi connectivity index (χ3n) is 4.49. The van der Waals surface area contributed by atoms with Crippen LogP contribution < -0.4 is 4.74 Å². The average molecular weight is 333 g/mol. The van der Waals surface area contributed by atoms with Gasteiger partial charge in [0.2, 0.25) is 0 Å². The van der Waals surface area contributed by atoms with E-state index in [1.54, 1.807) is 0 Å². The Morgan fingerprint density at radius 1 is 1.25 bits per heavy atom. The van der Waals surface area contributed by atoms with E-state index in [9.17, 15) is 5.11 Å². The van der Waals surface area contributed by atoms with Gasteiger partial charge < -0.3 is 14.6 Å². The van der Waals surface area contributed by atoms with E-state index >= 15 is 0 Å². The number of nitrogens with zero attached hydrogens (tertiary/aromatic N) is 1. The van der Waals surface area contributed by atoms with Gasteiger partial charge in [-0.15, -0.1) is 0 Å². The first kappa shape index (κ1) is 18.8. The molecule has 0 radical (unpaired) electrons. The molecule has 0 saturated heterocycles. The number of ether oxygens (including phenoxy) is 2. The molecule has 1 atom stereocenters. The standard InChI is InChI=1S/C20H31NO3/c1-16(2)6-4-5-13-23-19-9-7-18(8-10-19)11-12-20(14-22)15-24-17(3)21-20/h7-10,16,22H,4-6,11-15H2,1-3H3. The normalized spacial score (nSPS) is 20.1. The Bertz CT molecular complexity index is 524. The van der Waals surface area contributed by atoms with Crippen LogP contribution in [0.2, 0.25) is 0 Å². The van der Waals surface area contributed by atoms with Gasteiger partial charge >= 0.3 is 0 Å². The summed E-state index contributed by atoms with van der Waals surface area (Å²) in [6, 6.07) is 8.26. The number of hydrogen-bond donors (Lipinski definition) is 1. The summed E-state index contributed by atoms with van der Waals surface area (Å²) in [4.78, 5) is 4.46. The van der Waals surface area contributed by atoms with E-state index in [2.05, 4.69) is 31.0 Å². The molecule has 0 aromatic heterocycles. The Hall–Kier alpha value is -1.55. The third kappa shape index (κ3) is 5.82. The Balaban J connectivity index is 1.74. The van der Waals surface area contributed by atoms with E-state index in [1.807, 2.05) is 19.1 Å². The second-order valence-electron chi connectivity index (χ2n) is 7.18. The van der Waals surface area contributed by atoms with Crippen LogP contribution in [0.15, 0.2) is 29.3 Å². The molecule has 134 valence electrons. The Labute approximate surface area is 145 Å². The molecule has 0 spiro atoms. The molecular weight excluding hydrogens is 302 g/mol. The first-order chi connectivity index (χ1) is 11.5. The van der Waals surface area contributed by atoms with Crippen molar-refractivity contribution in [2.45, 2.75) is 58.4 Å². The summed E-state index contributed by atoms with van der Waals surface area (Å²) in [5, 5.41) is 9.62. The van der Waals surface area contributed by atoms with Gasteiger partial charge in [0.25, 0.3) is 0 Å². The van der Waals surface area contributed by atoms with E-state index in [4.69, 9.17) is 9.47 Å². The van der Waals surface area contributed by atoms with Gasteiger partial charge in [-0.05, 0) is 49.3 Å². The molecule has 1 unspecified atom stereocenters. The van der Waals surface area contributed by atoms with Gasteiger partial charge in [-0.2, -0.15) is 0 Å². The zero-order valence-corrected chi connectivity index (χ0v) is 15.3. The lowest BCUT2D eigenvalue weighted by molar-refractivity contribution is 0.150. The number of hydrogen-bond acceptors (Lipinski definition) is 4. The summed E-state index contributed by atoms with van der Waals surface area (Å²) in [5.41, 5.74) is 0.769. The molecule has 2 rings (SSSR count). The SMILES string of the molecule is CC1=NC(CO)(CCc2ccc(OCCCCC(C)C)cc2)CO1. The van der Waals surface area contributed by atoms with E-state index in [0.29, 0.717) is 12.5 Å². The summed E-state index contributed by atoms with van der Waals surface area (Å²) >= 11 is 0. The molecule has 0 bridgehead atoms. The summed E-state index contributed by atoms with van der Waals surface area (Å²) in [6.45, 7) is 7.64. The third-order valence-corrected chi connectivity index (χ3v) is 4.49. The van der Waals surface area contributed by atoms with E-state index in [-0.39, 0.29) is 6.61 Å². The molecule has 4 heteroatoms. The van der Waals surface area contributed by atoms with Crippen LogP contribution in [0.4, 0.5) is 0 Å². The van der Waals surface area contributed by atoms with E-state index < -0.39 is 5.54 Å². The number of aliphatic imine (C=N–C) groups is 1. The Kier molecular flexibility index (Phi) is 7.10. The second kappa shape index (κ2) is 9.07. The fraction of sp³-hybridized carbons (Fsp3) is 0.650. The average Bonchev–Trinajstić information content (AvgIpc) is 2.95. The maximum absolute atomic E-state index is 9.62. The number of aryl methyl sites for hydroxylation is 1. The van der Waals surface area contributed by atoms with Crippen molar-refractivity contribution in [1.82, 2.24) is 0 Å². The summed E-state index contributed by atoms with van der Waals surface area (Å²) in [7, 11) is 0. The molecular formula is C20H31NO3. The predicted molar refractivity (Wildman–Crippen MR) is 97.8 cm³/mol. The van der Waals surface area contributed by atoms with Crippen LogP contribution in [0.3, 0.4) is 0 Å². The van der Waals surface area contributed by atoms with Crippen LogP contribution in [0.25, 0.3) is 0 Å². The molecule has 1 aliphatic heterocycles. The lowest BCUT2D eigenvalue weighted by atomic mass is 9.94. The zero-order valence-electron chi connectivity index (χ0n) is 15.3. The number of aliphatic hydroxyl groups is 1. The monoisotopic (exact) mass is 333 g/mol. The topological polar surface area (TPSA) is 51.1 Å². The van der Waals surface area contributed by atoms with Crippen molar-refractivity contribution in [3.63, 3.8) is 0 Å². The minimum absolute atomic E-state index is 0.0297. The minimum atomic E-state index is -0.463.